The van der Waals surface area contributed by atoms with Gasteiger partial charge in [-0.1, -0.05) is 119 Å². The molecule has 2 saturated heterocycles. The van der Waals surface area contributed by atoms with E-state index in [1.165, 1.54) is 68.7 Å². The average Bonchev–Trinajstić information content (AvgIpc) is 3.29. The first-order valence-electron chi connectivity index (χ1n) is 16.3. The number of unbranched alkanes of at least 4 members (excludes halogenated alkanes) is 9. The van der Waals surface area contributed by atoms with Crippen molar-refractivity contribution >= 4 is 46.1 Å². The molecule has 0 N–H and O–H groups in total. The fourth-order valence-electron chi connectivity index (χ4n) is 6.13. The van der Waals surface area contributed by atoms with E-state index in [2.05, 4.69) is 47.1 Å². The summed E-state index contributed by atoms with van der Waals surface area (Å²) in [6.45, 7) is 8.76. The third kappa shape index (κ3) is 8.62. The predicted molar refractivity (Wildman–Crippen MR) is 187 cm³/mol. The zero-order valence-electron chi connectivity index (χ0n) is 26.6. The summed E-state index contributed by atoms with van der Waals surface area (Å²) in [5.74, 6) is 0.673. The standard InChI is InChI=1S/C35H47N5O2S2/c1-4-5-6-7-8-9-10-11-12-16-19-40-34(42)31(44-35(40)43)24-29-27(2)30(25-36)33(41)37(3)32(29)39-22-20-38(21-23-39)26-28-17-14-13-15-18-28/h13-15,17-18,24H,4-12,16,19-23,26H2,1-3H3/b31-24+. The van der Waals surface area contributed by atoms with Gasteiger partial charge >= 0.3 is 0 Å². The summed E-state index contributed by atoms with van der Waals surface area (Å²) in [6, 6.07) is 12.5. The largest absolute Gasteiger partial charge is 0.355 e. The van der Waals surface area contributed by atoms with Crippen LogP contribution >= 0.6 is 24.0 Å². The number of thiocarbonyl (C=S) groups is 1. The lowest BCUT2D eigenvalue weighted by atomic mass is 10.0. The van der Waals surface area contributed by atoms with Crippen LogP contribution in [0.15, 0.2) is 40.0 Å². The van der Waals surface area contributed by atoms with Gasteiger partial charge in [-0.05, 0) is 30.5 Å². The number of hydrogen-bond acceptors (Lipinski definition) is 7. The van der Waals surface area contributed by atoms with Crippen LogP contribution in [0.25, 0.3) is 6.08 Å². The van der Waals surface area contributed by atoms with Crippen LogP contribution in [0.2, 0.25) is 0 Å². The van der Waals surface area contributed by atoms with Crippen LogP contribution in [0, 0.1) is 18.3 Å². The van der Waals surface area contributed by atoms with Gasteiger partial charge in [0, 0.05) is 51.9 Å². The van der Waals surface area contributed by atoms with E-state index >= 15 is 0 Å². The van der Waals surface area contributed by atoms with Gasteiger partial charge in [-0.25, -0.2) is 0 Å². The van der Waals surface area contributed by atoms with Crippen molar-refractivity contribution in [1.82, 2.24) is 14.4 Å². The summed E-state index contributed by atoms with van der Waals surface area (Å²) in [4.78, 5) is 33.6. The molecule has 7 nitrogen and oxygen atoms in total. The Bertz CT molecular complexity index is 1420. The van der Waals surface area contributed by atoms with Crippen LogP contribution in [0.1, 0.15) is 93.4 Å². The molecule has 44 heavy (non-hydrogen) atoms. The third-order valence-electron chi connectivity index (χ3n) is 8.77. The van der Waals surface area contributed by atoms with Gasteiger partial charge in [0.2, 0.25) is 0 Å². The van der Waals surface area contributed by atoms with E-state index in [1.54, 1.807) is 16.5 Å². The Hall–Kier alpha value is -2.93. The fourth-order valence-corrected chi connectivity index (χ4v) is 7.43. The maximum Gasteiger partial charge on any atom is 0.270 e. The highest BCUT2D eigenvalue weighted by molar-refractivity contribution is 8.26. The van der Waals surface area contributed by atoms with E-state index in [1.807, 2.05) is 19.1 Å². The van der Waals surface area contributed by atoms with Crippen molar-refractivity contribution in [2.75, 3.05) is 37.6 Å². The van der Waals surface area contributed by atoms with Crippen molar-refractivity contribution in [3.8, 4) is 6.07 Å². The van der Waals surface area contributed by atoms with Crippen molar-refractivity contribution in [3.63, 3.8) is 0 Å². The average molecular weight is 634 g/mol. The Kier molecular flexibility index (Phi) is 13.1. The van der Waals surface area contributed by atoms with E-state index < -0.39 is 0 Å². The fraction of sp³-hybridized carbons (Fsp3) is 0.543. The maximum absolute atomic E-state index is 13.5. The SMILES string of the molecule is CCCCCCCCCCCCN1C(=O)/C(=C\c2c(C)c(C#N)c(=O)n(C)c2N2CCN(Cc3ccccc3)CC2)SC1=S. The second-order valence-corrected chi connectivity index (χ2v) is 13.7. The van der Waals surface area contributed by atoms with Gasteiger partial charge in [0.15, 0.2) is 0 Å². The number of nitrogens with zero attached hydrogens (tertiary/aromatic N) is 5. The molecule has 236 valence electrons. The lowest BCUT2D eigenvalue weighted by Gasteiger charge is -2.37. The minimum atomic E-state index is -0.308. The smallest absolute Gasteiger partial charge is 0.270 e. The molecule has 2 aliphatic rings. The molecular formula is C35H47N5O2S2. The number of thioether (sulfide) groups is 1. The molecule has 2 fully saturated rings. The number of anilines is 1. The topological polar surface area (TPSA) is 72.6 Å². The highest BCUT2D eigenvalue weighted by atomic mass is 32.2. The second kappa shape index (κ2) is 17.0. The molecule has 0 saturated carbocycles. The molecule has 0 atom stereocenters. The molecular weight excluding hydrogens is 587 g/mol. The molecule has 0 spiro atoms. The van der Waals surface area contributed by atoms with Gasteiger partial charge in [-0.2, -0.15) is 5.26 Å². The van der Waals surface area contributed by atoms with Crippen molar-refractivity contribution in [1.29, 1.82) is 5.26 Å². The molecule has 2 aliphatic heterocycles. The first kappa shape index (κ1) is 34.0. The van der Waals surface area contributed by atoms with Crippen molar-refractivity contribution in [3.05, 3.63) is 67.8 Å². The number of benzene rings is 1. The van der Waals surface area contributed by atoms with Crippen LogP contribution in [0.4, 0.5) is 5.82 Å². The maximum atomic E-state index is 13.5. The van der Waals surface area contributed by atoms with Crippen LogP contribution in [-0.4, -0.2) is 57.3 Å². The number of pyridine rings is 1. The highest BCUT2D eigenvalue weighted by Crippen LogP contribution is 2.36. The molecule has 4 rings (SSSR count). The normalized spacial score (nSPS) is 16.7. The summed E-state index contributed by atoms with van der Waals surface area (Å²) in [7, 11) is 1.72. The summed E-state index contributed by atoms with van der Waals surface area (Å²) in [6.07, 6.45) is 14.3. The molecule has 9 heteroatoms. The number of rotatable bonds is 15. The molecule has 0 aliphatic carbocycles. The van der Waals surface area contributed by atoms with Crippen LogP contribution in [0.3, 0.4) is 0 Å². The van der Waals surface area contributed by atoms with Gasteiger partial charge < -0.3 is 4.90 Å². The lowest BCUT2D eigenvalue weighted by Crippen LogP contribution is -2.48. The van der Waals surface area contributed by atoms with Gasteiger partial charge in [-0.15, -0.1) is 0 Å². The van der Waals surface area contributed by atoms with Crippen molar-refractivity contribution in [2.45, 2.75) is 84.6 Å². The number of hydrogen-bond donors (Lipinski definition) is 0. The molecule has 2 aromatic rings. The zero-order chi connectivity index (χ0) is 31.5. The summed E-state index contributed by atoms with van der Waals surface area (Å²) < 4.78 is 2.16. The number of carbonyl (C=O) groups is 1. The van der Waals surface area contributed by atoms with Gasteiger partial charge in [0.25, 0.3) is 11.5 Å². The summed E-state index contributed by atoms with van der Waals surface area (Å²) in [5, 5.41) is 9.84. The number of nitriles is 1. The molecule has 0 unspecified atom stereocenters. The van der Waals surface area contributed by atoms with Crippen LogP contribution < -0.4 is 10.5 Å². The number of amides is 1. The van der Waals surface area contributed by atoms with E-state index in [9.17, 15) is 14.9 Å². The highest BCUT2D eigenvalue weighted by Gasteiger charge is 2.33. The number of piperazine rings is 1. The van der Waals surface area contributed by atoms with Crippen molar-refractivity contribution < 1.29 is 4.79 Å². The van der Waals surface area contributed by atoms with E-state index in [0.29, 0.717) is 21.3 Å². The Balaban J connectivity index is 1.43. The van der Waals surface area contributed by atoms with E-state index in [-0.39, 0.29) is 17.0 Å². The van der Waals surface area contributed by atoms with E-state index in [4.69, 9.17) is 12.2 Å². The molecule has 1 aromatic carbocycles. The summed E-state index contributed by atoms with van der Waals surface area (Å²) in [5.41, 5.74) is 2.45. The minimum Gasteiger partial charge on any atom is -0.355 e. The molecule has 0 radical (unpaired) electrons. The minimum absolute atomic E-state index is 0.0821. The Morgan fingerprint density at radius 1 is 0.932 bits per heavy atom. The Morgan fingerprint density at radius 3 is 2.16 bits per heavy atom. The number of aromatic nitrogens is 1. The number of carbonyl (C=O) groups excluding carboxylic acids is 1. The molecule has 0 bridgehead atoms. The molecule has 1 amide bonds. The second-order valence-electron chi connectivity index (χ2n) is 12.0. The van der Waals surface area contributed by atoms with Crippen LogP contribution in [0.5, 0.6) is 0 Å². The lowest BCUT2D eigenvalue weighted by molar-refractivity contribution is -0.122. The van der Waals surface area contributed by atoms with E-state index in [0.717, 1.165) is 56.9 Å². The van der Waals surface area contributed by atoms with Gasteiger partial charge in [0.05, 0.1) is 4.91 Å². The Labute approximate surface area is 272 Å². The first-order valence-corrected chi connectivity index (χ1v) is 17.5. The molecule has 3 heterocycles. The van der Waals surface area contributed by atoms with Crippen molar-refractivity contribution in [2.24, 2.45) is 7.05 Å². The molecule has 1 aromatic heterocycles. The predicted octanol–water partition coefficient (Wildman–Crippen LogP) is 7.01. The van der Waals surface area contributed by atoms with Gasteiger partial charge in [0.1, 0.15) is 21.8 Å². The monoisotopic (exact) mass is 633 g/mol. The van der Waals surface area contributed by atoms with Crippen LogP contribution in [-0.2, 0) is 18.4 Å². The quantitative estimate of drug-likeness (QED) is 0.119. The Morgan fingerprint density at radius 2 is 1.55 bits per heavy atom. The zero-order valence-corrected chi connectivity index (χ0v) is 28.3. The third-order valence-corrected chi connectivity index (χ3v) is 10.2. The summed E-state index contributed by atoms with van der Waals surface area (Å²) >= 11 is 6.96. The first-order chi connectivity index (χ1) is 21.3. The van der Waals surface area contributed by atoms with Gasteiger partial charge in [-0.3, -0.25) is 24.0 Å².